The number of aromatic carboxylic acids is 1. The van der Waals surface area contributed by atoms with Crippen LogP contribution in [0.2, 0.25) is 0 Å². The fraction of sp³-hybridized carbons (Fsp3) is 0.200. The second-order valence-electron chi connectivity index (χ2n) is 2.85. The predicted octanol–water partition coefficient (Wildman–Crippen LogP) is 1.87. The van der Waals surface area contributed by atoms with Gasteiger partial charge in [-0.1, -0.05) is 6.07 Å². The van der Waals surface area contributed by atoms with Crippen molar-refractivity contribution in [3.05, 3.63) is 34.4 Å². The Balaban J connectivity index is 3.47. The van der Waals surface area contributed by atoms with Crippen molar-refractivity contribution < 1.29 is 9.90 Å². The minimum Gasteiger partial charge on any atom is -0.478 e. The molecule has 0 aliphatic rings. The molecule has 0 saturated carbocycles. The third-order valence-corrected chi connectivity index (χ3v) is 2.02. The summed E-state index contributed by atoms with van der Waals surface area (Å²) in [6.45, 7) is 3.44. The average Bonchev–Trinajstić information content (AvgIpc) is 2.04. The van der Waals surface area contributed by atoms with Crippen molar-refractivity contribution in [3.63, 3.8) is 0 Å². The fourth-order valence-corrected chi connectivity index (χ4v) is 1.25. The molecule has 0 amide bonds. The van der Waals surface area contributed by atoms with E-state index < -0.39 is 5.97 Å². The molecule has 1 rings (SSSR count). The zero-order valence-electron chi connectivity index (χ0n) is 7.46. The Labute approximate surface area is 76.2 Å². The Morgan fingerprint density at radius 3 is 2.54 bits per heavy atom. The van der Waals surface area contributed by atoms with Gasteiger partial charge in [0.05, 0.1) is 17.2 Å². The van der Waals surface area contributed by atoms with Gasteiger partial charge in [-0.2, -0.15) is 5.26 Å². The van der Waals surface area contributed by atoms with Gasteiger partial charge in [-0.3, -0.25) is 0 Å². The minimum atomic E-state index is -0.992. The number of nitriles is 1. The highest BCUT2D eigenvalue weighted by atomic mass is 16.4. The SMILES string of the molecule is Cc1ccc(C(=O)O)c(C)c1C#N. The van der Waals surface area contributed by atoms with Gasteiger partial charge < -0.3 is 5.11 Å². The van der Waals surface area contributed by atoms with E-state index in [1.807, 2.05) is 6.07 Å². The van der Waals surface area contributed by atoms with Crippen LogP contribution in [0.25, 0.3) is 0 Å². The van der Waals surface area contributed by atoms with Gasteiger partial charge in [0.2, 0.25) is 0 Å². The van der Waals surface area contributed by atoms with Crippen molar-refractivity contribution in [1.82, 2.24) is 0 Å². The van der Waals surface area contributed by atoms with Crippen LogP contribution < -0.4 is 0 Å². The molecular formula is C10H9NO2. The Morgan fingerprint density at radius 2 is 2.08 bits per heavy atom. The van der Waals surface area contributed by atoms with Crippen molar-refractivity contribution >= 4 is 5.97 Å². The highest BCUT2D eigenvalue weighted by molar-refractivity contribution is 5.90. The molecule has 0 heterocycles. The molecule has 1 N–H and O–H groups in total. The van der Waals surface area contributed by atoms with Gasteiger partial charge in [-0.25, -0.2) is 4.79 Å². The molecule has 0 aromatic heterocycles. The van der Waals surface area contributed by atoms with E-state index in [2.05, 4.69) is 0 Å². The maximum atomic E-state index is 10.7. The van der Waals surface area contributed by atoms with Crippen molar-refractivity contribution in [2.45, 2.75) is 13.8 Å². The predicted molar refractivity (Wildman–Crippen MR) is 47.6 cm³/mol. The number of benzene rings is 1. The van der Waals surface area contributed by atoms with Crippen molar-refractivity contribution in [2.24, 2.45) is 0 Å². The lowest BCUT2D eigenvalue weighted by atomic mass is 9.99. The number of hydrogen-bond acceptors (Lipinski definition) is 2. The highest BCUT2D eigenvalue weighted by Gasteiger charge is 2.11. The maximum Gasteiger partial charge on any atom is 0.335 e. The fourth-order valence-electron chi connectivity index (χ4n) is 1.25. The van der Waals surface area contributed by atoms with Crippen LogP contribution in [-0.2, 0) is 0 Å². The van der Waals surface area contributed by atoms with E-state index in [-0.39, 0.29) is 5.56 Å². The third kappa shape index (κ3) is 1.52. The smallest absolute Gasteiger partial charge is 0.335 e. The van der Waals surface area contributed by atoms with Crippen LogP contribution in [0.5, 0.6) is 0 Å². The Bertz CT molecular complexity index is 402. The third-order valence-electron chi connectivity index (χ3n) is 2.02. The molecular weight excluding hydrogens is 166 g/mol. The summed E-state index contributed by atoms with van der Waals surface area (Å²) in [5, 5.41) is 17.5. The van der Waals surface area contributed by atoms with E-state index >= 15 is 0 Å². The molecule has 0 aliphatic heterocycles. The van der Waals surface area contributed by atoms with Gasteiger partial charge in [0.1, 0.15) is 0 Å². The highest BCUT2D eigenvalue weighted by Crippen LogP contribution is 2.16. The average molecular weight is 175 g/mol. The zero-order chi connectivity index (χ0) is 10.0. The Morgan fingerprint density at radius 1 is 1.46 bits per heavy atom. The molecule has 0 spiro atoms. The van der Waals surface area contributed by atoms with E-state index in [1.165, 1.54) is 6.07 Å². The monoisotopic (exact) mass is 175 g/mol. The summed E-state index contributed by atoms with van der Waals surface area (Å²) in [6.07, 6.45) is 0. The van der Waals surface area contributed by atoms with Crippen LogP contribution in [0, 0.1) is 25.2 Å². The lowest BCUT2D eigenvalue weighted by molar-refractivity contribution is 0.0696. The topological polar surface area (TPSA) is 61.1 Å². The minimum absolute atomic E-state index is 0.196. The van der Waals surface area contributed by atoms with E-state index in [9.17, 15) is 4.79 Å². The summed E-state index contributed by atoms with van der Waals surface area (Å²) < 4.78 is 0. The van der Waals surface area contributed by atoms with E-state index in [1.54, 1.807) is 19.9 Å². The molecule has 1 aromatic rings. The summed E-state index contributed by atoms with van der Waals surface area (Å²) >= 11 is 0. The summed E-state index contributed by atoms with van der Waals surface area (Å²) in [5.41, 5.74) is 2.00. The first kappa shape index (κ1) is 9.27. The first-order valence-corrected chi connectivity index (χ1v) is 3.81. The lowest BCUT2D eigenvalue weighted by Gasteiger charge is -2.04. The number of carbonyl (C=O) groups is 1. The van der Waals surface area contributed by atoms with Gasteiger partial charge in [0, 0.05) is 0 Å². The number of carboxylic acid groups (broad SMARTS) is 1. The van der Waals surface area contributed by atoms with Gasteiger partial charge >= 0.3 is 5.97 Å². The Kier molecular flexibility index (Phi) is 2.34. The zero-order valence-corrected chi connectivity index (χ0v) is 7.46. The number of carboxylic acids is 1. The van der Waals surface area contributed by atoms with Crippen LogP contribution >= 0.6 is 0 Å². The molecule has 3 nitrogen and oxygen atoms in total. The van der Waals surface area contributed by atoms with Gasteiger partial charge in [0.25, 0.3) is 0 Å². The van der Waals surface area contributed by atoms with Gasteiger partial charge in [0.15, 0.2) is 0 Å². The molecule has 0 radical (unpaired) electrons. The first-order chi connectivity index (χ1) is 6.07. The van der Waals surface area contributed by atoms with Crippen LogP contribution in [0.3, 0.4) is 0 Å². The van der Waals surface area contributed by atoms with Crippen LogP contribution in [0.15, 0.2) is 12.1 Å². The quantitative estimate of drug-likeness (QED) is 0.708. The van der Waals surface area contributed by atoms with Gasteiger partial charge in [-0.15, -0.1) is 0 Å². The summed E-state index contributed by atoms with van der Waals surface area (Å²) in [6, 6.07) is 5.16. The molecule has 0 saturated heterocycles. The molecule has 0 fully saturated rings. The molecule has 0 bridgehead atoms. The number of nitrogens with zero attached hydrogens (tertiary/aromatic N) is 1. The normalized spacial score (nSPS) is 9.31. The Hall–Kier alpha value is -1.82. The molecule has 0 atom stereocenters. The molecule has 66 valence electrons. The van der Waals surface area contributed by atoms with E-state index in [0.29, 0.717) is 11.1 Å². The van der Waals surface area contributed by atoms with Crippen molar-refractivity contribution in [2.75, 3.05) is 0 Å². The lowest BCUT2D eigenvalue weighted by Crippen LogP contribution is -2.02. The van der Waals surface area contributed by atoms with Crippen molar-refractivity contribution in [1.29, 1.82) is 5.26 Å². The molecule has 13 heavy (non-hydrogen) atoms. The number of aryl methyl sites for hydroxylation is 1. The summed E-state index contributed by atoms with van der Waals surface area (Å²) in [7, 11) is 0. The summed E-state index contributed by atoms with van der Waals surface area (Å²) in [4.78, 5) is 10.7. The molecule has 3 heteroatoms. The first-order valence-electron chi connectivity index (χ1n) is 3.81. The summed E-state index contributed by atoms with van der Waals surface area (Å²) in [5.74, 6) is -0.992. The number of rotatable bonds is 1. The van der Waals surface area contributed by atoms with Gasteiger partial charge in [-0.05, 0) is 31.0 Å². The molecule has 0 aliphatic carbocycles. The van der Waals surface area contributed by atoms with Crippen molar-refractivity contribution in [3.8, 4) is 6.07 Å². The standard InChI is InChI=1S/C10H9NO2/c1-6-3-4-8(10(12)13)7(2)9(6)5-11/h3-4H,1-2H3,(H,12,13). The van der Waals surface area contributed by atoms with Crippen LogP contribution in [0.4, 0.5) is 0 Å². The van der Waals surface area contributed by atoms with Crippen LogP contribution in [-0.4, -0.2) is 11.1 Å². The number of hydrogen-bond donors (Lipinski definition) is 1. The second kappa shape index (κ2) is 3.28. The van der Waals surface area contributed by atoms with E-state index in [4.69, 9.17) is 10.4 Å². The molecule has 1 aromatic carbocycles. The van der Waals surface area contributed by atoms with Crippen LogP contribution in [0.1, 0.15) is 27.0 Å². The van der Waals surface area contributed by atoms with E-state index in [0.717, 1.165) is 5.56 Å². The largest absolute Gasteiger partial charge is 0.478 e. The second-order valence-corrected chi connectivity index (χ2v) is 2.85. The maximum absolute atomic E-state index is 10.7. The molecule has 0 unspecified atom stereocenters.